The summed E-state index contributed by atoms with van der Waals surface area (Å²) < 4.78 is 1.41. The summed E-state index contributed by atoms with van der Waals surface area (Å²) in [6, 6.07) is 6.62. The van der Waals surface area contributed by atoms with Gasteiger partial charge < -0.3 is 11.1 Å². The van der Waals surface area contributed by atoms with Gasteiger partial charge in [-0.2, -0.15) is 0 Å². The van der Waals surface area contributed by atoms with Gasteiger partial charge in [-0.3, -0.25) is 9.59 Å². The van der Waals surface area contributed by atoms with E-state index < -0.39 is 0 Å². The van der Waals surface area contributed by atoms with E-state index in [0.29, 0.717) is 16.9 Å². The van der Waals surface area contributed by atoms with Crippen LogP contribution in [0.2, 0.25) is 0 Å². The van der Waals surface area contributed by atoms with Crippen molar-refractivity contribution >= 4 is 17.4 Å². The topological polar surface area (TPSA) is 103 Å². The third-order valence-electron chi connectivity index (χ3n) is 2.91. The number of Topliss-reactive ketones (excluding diaryl/α,β-unsaturated/α-hetero) is 1. The minimum absolute atomic E-state index is 0.00591. The van der Waals surface area contributed by atoms with Crippen LogP contribution in [-0.4, -0.2) is 26.7 Å². The molecule has 2 aromatic rings. The standard InChI is InChI=1S/C14H17N5O2/c1-9(15)13-7-19(18-17-13)8-14(21)16-12-6-4-3-5-11(12)10(2)20/h3-7,9H,8,15H2,1-2H3,(H,16,21). The van der Waals surface area contributed by atoms with E-state index in [0.717, 1.165) is 0 Å². The van der Waals surface area contributed by atoms with Gasteiger partial charge in [-0.25, -0.2) is 4.68 Å². The monoisotopic (exact) mass is 287 g/mol. The third kappa shape index (κ3) is 3.73. The molecule has 1 atom stereocenters. The van der Waals surface area contributed by atoms with Gasteiger partial charge in [0.1, 0.15) is 6.54 Å². The lowest BCUT2D eigenvalue weighted by atomic mass is 10.1. The first kappa shape index (κ1) is 14.9. The van der Waals surface area contributed by atoms with E-state index in [-0.39, 0.29) is 24.3 Å². The first-order chi connectivity index (χ1) is 9.97. The Kier molecular flexibility index (Phi) is 4.44. The number of aromatic nitrogens is 3. The maximum absolute atomic E-state index is 12.0. The predicted molar refractivity (Wildman–Crippen MR) is 77.7 cm³/mol. The SMILES string of the molecule is CC(=O)c1ccccc1NC(=O)Cn1cc(C(C)N)nn1. The lowest BCUT2D eigenvalue weighted by molar-refractivity contribution is -0.116. The number of nitrogens with zero attached hydrogens (tertiary/aromatic N) is 3. The summed E-state index contributed by atoms with van der Waals surface area (Å²) in [4.78, 5) is 23.5. The number of benzene rings is 1. The van der Waals surface area contributed by atoms with Gasteiger partial charge in [-0.15, -0.1) is 5.10 Å². The van der Waals surface area contributed by atoms with Crippen LogP contribution >= 0.6 is 0 Å². The second kappa shape index (κ2) is 6.27. The number of amides is 1. The van der Waals surface area contributed by atoms with Crippen molar-refractivity contribution in [1.29, 1.82) is 0 Å². The van der Waals surface area contributed by atoms with Gasteiger partial charge in [0.15, 0.2) is 5.78 Å². The van der Waals surface area contributed by atoms with Crippen LogP contribution < -0.4 is 11.1 Å². The number of carbonyl (C=O) groups is 2. The van der Waals surface area contributed by atoms with Crippen molar-refractivity contribution in [3.63, 3.8) is 0 Å². The van der Waals surface area contributed by atoms with Gasteiger partial charge in [0, 0.05) is 11.6 Å². The molecular weight excluding hydrogens is 270 g/mol. The highest BCUT2D eigenvalue weighted by Gasteiger charge is 2.11. The number of hydrogen-bond acceptors (Lipinski definition) is 5. The van der Waals surface area contributed by atoms with Crippen LogP contribution in [0, 0.1) is 0 Å². The fourth-order valence-electron chi connectivity index (χ4n) is 1.84. The molecule has 0 spiro atoms. The zero-order valence-electron chi connectivity index (χ0n) is 11.9. The van der Waals surface area contributed by atoms with Crippen LogP contribution in [0.4, 0.5) is 5.69 Å². The number of ketones is 1. The van der Waals surface area contributed by atoms with E-state index in [1.54, 1.807) is 37.4 Å². The molecule has 0 fully saturated rings. The molecule has 2 rings (SSSR count). The quantitative estimate of drug-likeness (QED) is 0.803. The minimum Gasteiger partial charge on any atom is -0.324 e. The fourth-order valence-corrected chi connectivity index (χ4v) is 1.84. The van der Waals surface area contributed by atoms with Crippen LogP contribution in [0.3, 0.4) is 0 Å². The Morgan fingerprint density at radius 2 is 2.10 bits per heavy atom. The molecule has 0 aliphatic carbocycles. The molecule has 7 heteroatoms. The summed E-state index contributed by atoms with van der Waals surface area (Å²) >= 11 is 0. The van der Waals surface area contributed by atoms with Crippen molar-refractivity contribution in [3.05, 3.63) is 41.7 Å². The van der Waals surface area contributed by atoms with Gasteiger partial charge in [0.25, 0.3) is 0 Å². The molecule has 110 valence electrons. The Morgan fingerprint density at radius 3 is 2.71 bits per heavy atom. The normalized spacial score (nSPS) is 12.0. The molecule has 1 unspecified atom stereocenters. The highest BCUT2D eigenvalue weighted by atomic mass is 16.2. The number of para-hydroxylation sites is 1. The van der Waals surface area contributed by atoms with E-state index in [4.69, 9.17) is 5.73 Å². The summed E-state index contributed by atoms with van der Waals surface area (Å²) in [5, 5.41) is 10.4. The molecule has 0 saturated heterocycles. The molecule has 21 heavy (non-hydrogen) atoms. The van der Waals surface area contributed by atoms with Gasteiger partial charge in [0.05, 0.1) is 17.6 Å². The number of rotatable bonds is 5. The second-order valence-electron chi connectivity index (χ2n) is 4.78. The molecule has 1 heterocycles. The fraction of sp³-hybridized carbons (Fsp3) is 0.286. The Morgan fingerprint density at radius 1 is 1.38 bits per heavy atom. The number of carbonyl (C=O) groups excluding carboxylic acids is 2. The van der Waals surface area contributed by atoms with Gasteiger partial charge in [-0.1, -0.05) is 17.3 Å². The zero-order valence-corrected chi connectivity index (χ0v) is 11.9. The van der Waals surface area contributed by atoms with E-state index in [1.165, 1.54) is 11.6 Å². The smallest absolute Gasteiger partial charge is 0.246 e. The van der Waals surface area contributed by atoms with E-state index in [9.17, 15) is 9.59 Å². The van der Waals surface area contributed by atoms with Crippen molar-refractivity contribution in [2.24, 2.45) is 5.73 Å². The lowest BCUT2D eigenvalue weighted by Gasteiger charge is -2.08. The molecule has 0 bridgehead atoms. The summed E-state index contributed by atoms with van der Waals surface area (Å²) in [7, 11) is 0. The number of hydrogen-bond donors (Lipinski definition) is 2. The van der Waals surface area contributed by atoms with Gasteiger partial charge in [0.2, 0.25) is 5.91 Å². The largest absolute Gasteiger partial charge is 0.324 e. The number of anilines is 1. The summed E-state index contributed by atoms with van der Waals surface area (Å²) in [5.41, 5.74) is 7.26. The average Bonchev–Trinajstić information content (AvgIpc) is 2.87. The van der Waals surface area contributed by atoms with Crippen molar-refractivity contribution in [2.45, 2.75) is 26.4 Å². The van der Waals surface area contributed by atoms with E-state index >= 15 is 0 Å². The van der Waals surface area contributed by atoms with Crippen molar-refractivity contribution in [1.82, 2.24) is 15.0 Å². The molecule has 1 aromatic carbocycles. The highest BCUT2D eigenvalue weighted by molar-refractivity contribution is 6.03. The molecular formula is C14H17N5O2. The van der Waals surface area contributed by atoms with Crippen LogP contribution in [-0.2, 0) is 11.3 Å². The molecule has 0 aliphatic heterocycles. The Labute approximate surface area is 122 Å². The van der Waals surface area contributed by atoms with Gasteiger partial charge in [-0.05, 0) is 26.0 Å². The highest BCUT2D eigenvalue weighted by Crippen LogP contribution is 2.15. The van der Waals surface area contributed by atoms with Crippen LogP contribution in [0.15, 0.2) is 30.5 Å². The Balaban J connectivity index is 2.06. The molecule has 0 aliphatic rings. The maximum atomic E-state index is 12.0. The second-order valence-corrected chi connectivity index (χ2v) is 4.78. The molecule has 0 saturated carbocycles. The first-order valence-corrected chi connectivity index (χ1v) is 6.53. The zero-order chi connectivity index (χ0) is 15.4. The molecule has 1 amide bonds. The lowest BCUT2D eigenvalue weighted by Crippen LogP contribution is -2.20. The van der Waals surface area contributed by atoms with E-state index in [1.807, 2.05) is 0 Å². The minimum atomic E-state index is -0.287. The van der Waals surface area contributed by atoms with Crippen LogP contribution in [0.1, 0.15) is 35.9 Å². The molecule has 0 radical (unpaired) electrons. The summed E-state index contributed by atoms with van der Waals surface area (Å²) in [6.45, 7) is 3.25. The molecule has 7 nitrogen and oxygen atoms in total. The maximum Gasteiger partial charge on any atom is 0.246 e. The van der Waals surface area contributed by atoms with Crippen LogP contribution in [0.5, 0.6) is 0 Å². The van der Waals surface area contributed by atoms with Crippen molar-refractivity contribution in [3.8, 4) is 0 Å². The molecule has 1 aromatic heterocycles. The Hall–Kier alpha value is -2.54. The molecule has 3 N–H and O–H groups in total. The van der Waals surface area contributed by atoms with E-state index in [2.05, 4.69) is 15.6 Å². The Bertz CT molecular complexity index is 663. The third-order valence-corrected chi connectivity index (χ3v) is 2.91. The summed E-state index contributed by atoms with van der Waals surface area (Å²) in [5.74, 6) is -0.393. The number of nitrogens with one attached hydrogen (secondary N) is 1. The van der Waals surface area contributed by atoms with Gasteiger partial charge >= 0.3 is 0 Å². The average molecular weight is 287 g/mol. The predicted octanol–water partition coefficient (Wildman–Crippen LogP) is 1.14. The summed E-state index contributed by atoms with van der Waals surface area (Å²) in [6.07, 6.45) is 1.63. The van der Waals surface area contributed by atoms with Crippen LogP contribution in [0.25, 0.3) is 0 Å². The first-order valence-electron chi connectivity index (χ1n) is 6.53. The van der Waals surface area contributed by atoms with Crippen molar-refractivity contribution in [2.75, 3.05) is 5.32 Å². The van der Waals surface area contributed by atoms with Crippen molar-refractivity contribution < 1.29 is 9.59 Å². The number of nitrogens with two attached hydrogens (primary N) is 1.